The zero-order valence-corrected chi connectivity index (χ0v) is 13.8. The molecule has 1 aliphatic heterocycles. The van der Waals surface area contributed by atoms with Crippen LogP contribution in [0.25, 0.3) is 0 Å². The third-order valence-electron chi connectivity index (χ3n) is 5.16. The van der Waals surface area contributed by atoms with Gasteiger partial charge < -0.3 is 9.84 Å². The number of hydrogen-bond acceptors (Lipinski definition) is 4. The van der Waals surface area contributed by atoms with Gasteiger partial charge in [0.05, 0.1) is 13.2 Å². The van der Waals surface area contributed by atoms with Crippen LogP contribution in [-0.4, -0.2) is 41.3 Å². The highest BCUT2D eigenvalue weighted by Gasteiger charge is 2.47. The standard InChI is InChI=1S/C17H21ClFNO3/c1-23-17(22)16-7-10-5-6-11(21)8-15(10)20(16)9-12-13(18)3-2-4-14(12)19/h2-4,10-11,15-16,21H,5-9H2,1H3/t10-,11+,15-,16-/m0/s1. The fourth-order valence-corrected chi connectivity index (χ4v) is 4.21. The predicted octanol–water partition coefficient (Wildman–Crippen LogP) is 2.76. The zero-order chi connectivity index (χ0) is 16.6. The van der Waals surface area contributed by atoms with Crippen LogP contribution in [0.2, 0.25) is 5.02 Å². The Morgan fingerprint density at radius 1 is 1.43 bits per heavy atom. The van der Waals surface area contributed by atoms with Gasteiger partial charge in [0.2, 0.25) is 0 Å². The van der Waals surface area contributed by atoms with Crippen molar-refractivity contribution < 1.29 is 19.0 Å². The lowest BCUT2D eigenvalue weighted by molar-refractivity contribution is -0.146. The van der Waals surface area contributed by atoms with Gasteiger partial charge in [-0.05, 0) is 43.7 Å². The molecule has 23 heavy (non-hydrogen) atoms. The first-order valence-corrected chi connectivity index (χ1v) is 8.33. The van der Waals surface area contributed by atoms with Crippen LogP contribution < -0.4 is 0 Å². The molecule has 0 bridgehead atoms. The average Bonchev–Trinajstić information content (AvgIpc) is 2.88. The van der Waals surface area contributed by atoms with Crippen LogP contribution in [0.15, 0.2) is 18.2 Å². The minimum absolute atomic E-state index is 0.0542. The quantitative estimate of drug-likeness (QED) is 0.859. The molecule has 2 aliphatic rings. The van der Waals surface area contributed by atoms with Crippen molar-refractivity contribution in [2.24, 2.45) is 5.92 Å². The second-order valence-corrected chi connectivity index (χ2v) is 6.85. The first kappa shape index (κ1) is 16.7. The monoisotopic (exact) mass is 341 g/mol. The highest BCUT2D eigenvalue weighted by molar-refractivity contribution is 6.31. The molecule has 0 spiro atoms. The molecule has 0 radical (unpaired) electrons. The summed E-state index contributed by atoms with van der Waals surface area (Å²) in [5, 5.41) is 10.3. The van der Waals surface area contributed by atoms with Gasteiger partial charge in [-0.2, -0.15) is 0 Å². The lowest BCUT2D eigenvalue weighted by Crippen LogP contribution is -2.44. The van der Waals surface area contributed by atoms with E-state index in [1.807, 2.05) is 4.90 Å². The molecule has 1 heterocycles. The molecule has 4 atom stereocenters. The summed E-state index contributed by atoms with van der Waals surface area (Å²) in [6, 6.07) is 4.24. The largest absolute Gasteiger partial charge is 0.468 e. The molecule has 1 N–H and O–H groups in total. The van der Waals surface area contributed by atoms with E-state index in [4.69, 9.17) is 16.3 Å². The first-order valence-electron chi connectivity index (χ1n) is 7.95. The van der Waals surface area contributed by atoms with Gasteiger partial charge >= 0.3 is 5.97 Å². The summed E-state index contributed by atoms with van der Waals surface area (Å²) in [6.45, 7) is 0.249. The van der Waals surface area contributed by atoms with Crippen molar-refractivity contribution >= 4 is 17.6 Å². The van der Waals surface area contributed by atoms with Crippen molar-refractivity contribution in [3.63, 3.8) is 0 Å². The predicted molar refractivity (Wildman–Crippen MR) is 84.5 cm³/mol. The number of halogens is 2. The highest BCUT2D eigenvalue weighted by Crippen LogP contribution is 2.41. The van der Waals surface area contributed by atoms with Gasteiger partial charge in [0.15, 0.2) is 0 Å². The number of benzene rings is 1. The number of ether oxygens (including phenoxy) is 1. The van der Waals surface area contributed by atoms with E-state index in [2.05, 4.69) is 0 Å². The molecule has 4 nitrogen and oxygen atoms in total. The lowest BCUT2D eigenvalue weighted by atomic mass is 9.83. The van der Waals surface area contributed by atoms with E-state index in [0.717, 1.165) is 12.8 Å². The fraction of sp³-hybridized carbons (Fsp3) is 0.588. The van der Waals surface area contributed by atoms with Crippen LogP contribution in [0.1, 0.15) is 31.2 Å². The number of aliphatic hydroxyl groups excluding tert-OH is 1. The topological polar surface area (TPSA) is 49.8 Å². The maximum atomic E-state index is 14.1. The molecule has 1 aromatic carbocycles. The summed E-state index contributed by atoms with van der Waals surface area (Å²) in [6.07, 6.45) is 2.55. The fourth-order valence-electron chi connectivity index (χ4n) is 3.98. The third kappa shape index (κ3) is 3.23. The van der Waals surface area contributed by atoms with E-state index in [1.165, 1.54) is 13.2 Å². The Morgan fingerprint density at radius 2 is 2.22 bits per heavy atom. The van der Waals surface area contributed by atoms with Crippen molar-refractivity contribution in [1.82, 2.24) is 4.90 Å². The van der Waals surface area contributed by atoms with E-state index >= 15 is 0 Å². The van der Waals surface area contributed by atoms with E-state index in [9.17, 15) is 14.3 Å². The van der Waals surface area contributed by atoms with Crippen LogP contribution in [-0.2, 0) is 16.1 Å². The van der Waals surface area contributed by atoms with Gasteiger partial charge in [0, 0.05) is 23.2 Å². The normalized spacial score (nSPS) is 31.0. The van der Waals surface area contributed by atoms with Crippen molar-refractivity contribution in [2.45, 2.75) is 50.4 Å². The van der Waals surface area contributed by atoms with Gasteiger partial charge in [0.25, 0.3) is 0 Å². The SMILES string of the molecule is COC(=O)[C@@H]1C[C@@H]2CC[C@@H](O)C[C@@H]2N1Cc1c(F)cccc1Cl. The third-order valence-corrected chi connectivity index (χ3v) is 5.51. The number of nitrogens with zero attached hydrogens (tertiary/aromatic N) is 1. The van der Waals surface area contributed by atoms with Gasteiger partial charge in [-0.3, -0.25) is 9.69 Å². The molecule has 1 saturated heterocycles. The van der Waals surface area contributed by atoms with Crippen molar-refractivity contribution in [1.29, 1.82) is 0 Å². The Balaban J connectivity index is 1.90. The van der Waals surface area contributed by atoms with Crippen molar-refractivity contribution in [3.8, 4) is 0 Å². The number of methoxy groups -OCH3 is 1. The number of fused-ring (bicyclic) bond motifs is 1. The van der Waals surface area contributed by atoms with E-state index in [-0.39, 0.29) is 30.5 Å². The average molecular weight is 342 g/mol. The smallest absolute Gasteiger partial charge is 0.323 e. The van der Waals surface area contributed by atoms with Crippen LogP contribution >= 0.6 is 11.6 Å². The second kappa shape index (κ2) is 6.75. The molecule has 0 aromatic heterocycles. The van der Waals surface area contributed by atoms with Crippen molar-refractivity contribution in [3.05, 3.63) is 34.6 Å². The molecule has 1 aliphatic carbocycles. The van der Waals surface area contributed by atoms with Gasteiger partial charge in [-0.25, -0.2) is 4.39 Å². The molecule has 3 rings (SSSR count). The van der Waals surface area contributed by atoms with E-state index in [0.29, 0.717) is 29.3 Å². The van der Waals surface area contributed by atoms with Crippen LogP contribution in [0.5, 0.6) is 0 Å². The highest BCUT2D eigenvalue weighted by atomic mass is 35.5. The summed E-state index contributed by atoms with van der Waals surface area (Å²) in [7, 11) is 1.37. The Labute approximate surface area is 140 Å². The molecule has 126 valence electrons. The molecule has 0 unspecified atom stereocenters. The maximum absolute atomic E-state index is 14.1. The molecular formula is C17H21ClFNO3. The van der Waals surface area contributed by atoms with Gasteiger partial charge in [0.1, 0.15) is 11.9 Å². The minimum atomic E-state index is -0.407. The number of carbonyl (C=O) groups is 1. The van der Waals surface area contributed by atoms with Gasteiger partial charge in [-0.1, -0.05) is 17.7 Å². The van der Waals surface area contributed by atoms with Gasteiger partial charge in [-0.15, -0.1) is 0 Å². The van der Waals surface area contributed by atoms with Crippen LogP contribution in [0.4, 0.5) is 4.39 Å². The summed E-state index contributed by atoms with van der Waals surface area (Å²) >= 11 is 6.14. The number of esters is 1. The van der Waals surface area contributed by atoms with E-state index in [1.54, 1.807) is 12.1 Å². The Morgan fingerprint density at radius 3 is 2.91 bits per heavy atom. The molecule has 6 heteroatoms. The Hall–Kier alpha value is -1.17. The molecule has 2 fully saturated rings. The molecular weight excluding hydrogens is 321 g/mol. The molecule has 0 amide bonds. The summed E-state index contributed by atoms with van der Waals surface area (Å²) in [5.41, 5.74) is 0.392. The Kier molecular flexibility index (Phi) is 4.90. The maximum Gasteiger partial charge on any atom is 0.323 e. The number of aliphatic hydroxyl groups is 1. The number of hydrogen-bond donors (Lipinski definition) is 1. The van der Waals surface area contributed by atoms with E-state index < -0.39 is 6.04 Å². The summed E-state index contributed by atoms with van der Waals surface area (Å²) in [4.78, 5) is 14.1. The summed E-state index contributed by atoms with van der Waals surface area (Å²) < 4.78 is 19.1. The second-order valence-electron chi connectivity index (χ2n) is 6.44. The van der Waals surface area contributed by atoms with Crippen LogP contribution in [0, 0.1) is 11.7 Å². The van der Waals surface area contributed by atoms with Crippen LogP contribution in [0.3, 0.4) is 0 Å². The minimum Gasteiger partial charge on any atom is -0.468 e. The first-order chi connectivity index (χ1) is 11.0. The Bertz CT molecular complexity index is 577. The molecule has 1 aromatic rings. The summed E-state index contributed by atoms with van der Waals surface area (Å²) in [5.74, 6) is -0.352. The van der Waals surface area contributed by atoms with Crippen molar-refractivity contribution in [2.75, 3.05) is 7.11 Å². The molecule has 1 saturated carbocycles. The number of rotatable bonds is 3. The number of carbonyl (C=O) groups excluding carboxylic acids is 1. The number of likely N-dealkylation sites (tertiary alicyclic amines) is 1. The lowest BCUT2D eigenvalue weighted by Gasteiger charge is -2.35. The zero-order valence-electron chi connectivity index (χ0n) is 13.0.